The van der Waals surface area contributed by atoms with E-state index >= 15 is 0 Å². The van der Waals surface area contributed by atoms with Crippen LogP contribution in [0.1, 0.15) is 60.5 Å². The Morgan fingerprint density at radius 3 is 2.63 bits per heavy atom. The number of thiophene rings is 1. The van der Waals surface area contributed by atoms with Gasteiger partial charge in [-0.1, -0.05) is 13.3 Å². The molecule has 0 bridgehead atoms. The van der Waals surface area contributed by atoms with Gasteiger partial charge in [0.1, 0.15) is 0 Å². The lowest BCUT2D eigenvalue weighted by molar-refractivity contribution is 0.0930. The normalized spacial score (nSPS) is 19.3. The van der Waals surface area contributed by atoms with Crippen LogP contribution in [0.2, 0.25) is 0 Å². The number of nitrogens with one attached hydrogen (secondary N) is 2. The number of carbonyl (C=O) groups is 1. The Morgan fingerprint density at radius 1 is 1.20 bits per heavy atom. The average molecular weight is 450 g/mol. The number of benzene rings is 1. The monoisotopic (exact) mass is 449 g/mol. The van der Waals surface area contributed by atoms with Gasteiger partial charge >= 0.3 is 0 Å². The predicted octanol–water partition coefficient (Wildman–Crippen LogP) is 4.03. The Labute approximate surface area is 183 Å². The maximum atomic E-state index is 12.5. The summed E-state index contributed by atoms with van der Waals surface area (Å²) >= 11 is 1.81. The van der Waals surface area contributed by atoms with Crippen molar-refractivity contribution in [1.29, 1.82) is 0 Å². The van der Waals surface area contributed by atoms with Crippen molar-refractivity contribution < 1.29 is 13.2 Å². The molecule has 2 N–H and O–H groups in total. The number of amides is 1. The summed E-state index contributed by atoms with van der Waals surface area (Å²) in [5.74, 6) is -0.0454. The number of anilines is 1. The molecule has 2 heterocycles. The van der Waals surface area contributed by atoms with Gasteiger partial charge in [-0.3, -0.25) is 14.4 Å². The second-order valence-electron chi connectivity index (χ2n) is 7.88. The lowest BCUT2D eigenvalue weighted by atomic mass is 9.97. The number of sulfonamides is 1. The summed E-state index contributed by atoms with van der Waals surface area (Å²) in [6, 6.07) is 9.59. The summed E-state index contributed by atoms with van der Waals surface area (Å²) in [5.41, 5.74) is 2.45. The molecule has 1 aromatic heterocycles. The average Bonchev–Trinajstić information content (AvgIpc) is 3.17. The van der Waals surface area contributed by atoms with E-state index in [1.54, 1.807) is 24.3 Å². The molecule has 6 nitrogen and oxygen atoms in total. The standard InChI is InChI=1S/C22H31N3O3S2/c1-4-5-14-30(27,28)24-20-8-6-18(7-9-20)22(26)23-11-12-25-16(2)15-19-10-13-29-21(19)17(25)3/h6-10,13,16-17,24H,4-5,11-12,14-15H2,1-3H3,(H,23,26)/t16-,17+/m1/s1. The maximum Gasteiger partial charge on any atom is 0.251 e. The third kappa shape index (κ3) is 5.62. The van der Waals surface area contributed by atoms with Gasteiger partial charge in [-0.2, -0.15) is 0 Å². The Balaban J connectivity index is 1.51. The van der Waals surface area contributed by atoms with Gasteiger partial charge < -0.3 is 5.32 Å². The fourth-order valence-electron chi connectivity index (χ4n) is 3.92. The van der Waals surface area contributed by atoms with Gasteiger partial charge in [0.15, 0.2) is 0 Å². The molecular formula is C22H31N3O3S2. The lowest BCUT2D eigenvalue weighted by Gasteiger charge is -2.38. The summed E-state index contributed by atoms with van der Waals surface area (Å²) < 4.78 is 26.5. The zero-order chi connectivity index (χ0) is 21.7. The second-order valence-corrected chi connectivity index (χ2v) is 10.7. The zero-order valence-corrected chi connectivity index (χ0v) is 19.5. The molecule has 0 spiro atoms. The van der Waals surface area contributed by atoms with Gasteiger partial charge in [0.05, 0.1) is 5.75 Å². The molecule has 1 aliphatic heterocycles. The number of carbonyl (C=O) groups excluding carboxylic acids is 1. The molecule has 0 unspecified atom stereocenters. The quantitative estimate of drug-likeness (QED) is 0.606. The molecular weight excluding hydrogens is 418 g/mol. The van der Waals surface area contributed by atoms with Gasteiger partial charge in [0, 0.05) is 41.3 Å². The van der Waals surface area contributed by atoms with Crippen LogP contribution in [-0.4, -0.2) is 44.1 Å². The van der Waals surface area contributed by atoms with Crippen molar-refractivity contribution in [3.05, 3.63) is 51.7 Å². The second kappa shape index (κ2) is 9.94. The van der Waals surface area contributed by atoms with Crippen molar-refractivity contribution >= 4 is 33.0 Å². The first-order valence-electron chi connectivity index (χ1n) is 10.5. The van der Waals surface area contributed by atoms with Gasteiger partial charge in [-0.05, 0) is 68.0 Å². The summed E-state index contributed by atoms with van der Waals surface area (Å²) in [4.78, 5) is 16.3. The van der Waals surface area contributed by atoms with Crippen LogP contribution < -0.4 is 10.0 Å². The highest BCUT2D eigenvalue weighted by atomic mass is 32.2. The number of fused-ring (bicyclic) bond motifs is 1. The number of nitrogens with zero attached hydrogens (tertiary/aromatic N) is 1. The van der Waals surface area contributed by atoms with Crippen LogP contribution in [0.5, 0.6) is 0 Å². The van der Waals surface area contributed by atoms with E-state index < -0.39 is 10.0 Å². The molecule has 1 aliphatic rings. The molecule has 1 aromatic carbocycles. The minimum absolute atomic E-state index is 0.103. The predicted molar refractivity (Wildman–Crippen MR) is 124 cm³/mol. The van der Waals surface area contributed by atoms with Gasteiger partial charge in [0.25, 0.3) is 5.91 Å². The van der Waals surface area contributed by atoms with Gasteiger partial charge in [-0.15, -0.1) is 11.3 Å². The molecule has 0 saturated carbocycles. The highest BCUT2D eigenvalue weighted by molar-refractivity contribution is 7.92. The molecule has 0 fully saturated rings. The summed E-state index contributed by atoms with van der Waals surface area (Å²) in [6.45, 7) is 7.78. The van der Waals surface area contributed by atoms with Crippen molar-refractivity contribution in [3.8, 4) is 0 Å². The van der Waals surface area contributed by atoms with Gasteiger partial charge in [0.2, 0.25) is 10.0 Å². The van der Waals surface area contributed by atoms with E-state index in [0.717, 1.165) is 19.4 Å². The highest BCUT2D eigenvalue weighted by Gasteiger charge is 2.29. The van der Waals surface area contributed by atoms with Crippen LogP contribution in [0.3, 0.4) is 0 Å². The molecule has 0 radical (unpaired) electrons. The number of unbranched alkanes of at least 4 members (excludes halogenated alkanes) is 1. The molecule has 3 rings (SSSR count). The largest absolute Gasteiger partial charge is 0.351 e. The molecule has 2 atom stereocenters. The Morgan fingerprint density at radius 2 is 1.93 bits per heavy atom. The minimum Gasteiger partial charge on any atom is -0.351 e. The van der Waals surface area contributed by atoms with Crippen molar-refractivity contribution in [2.45, 2.75) is 52.1 Å². The minimum atomic E-state index is -3.34. The van der Waals surface area contributed by atoms with E-state index in [1.165, 1.54) is 10.4 Å². The van der Waals surface area contributed by atoms with E-state index in [2.05, 4.69) is 40.2 Å². The zero-order valence-electron chi connectivity index (χ0n) is 17.8. The number of hydrogen-bond donors (Lipinski definition) is 2. The Bertz CT molecular complexity index is 954. The highest BCUT2D eigenvalue weighted by Crippen LogP contribution is 2.35. The van der Waals surface area contributed by atoms with E-state index in [9.17, 15) is 13.2 Å². The van der Waals surface area contributed by atoms with Crippen molar-refractivity contribution in [3.63, 3.8) is 0 Å². The van der Waals surface area contributed by atoms with Crippen molar-refractivity contribution in [2.75, 3.05) is 23.6 Å². The topological polar surface area (TPSA) is 78.5 Å². The van der Waals surface area contributed by atoms with E-state index in [4.69, 9.17) is 0 Å². The molecule has 2 aromatic rings. The maximum absolute atomic E-state index is 12.5. The molecule has 0 aliphatic carbocycles. The molecule has 8 heteroatoms. The summed E-state index contributed by atoms with van der Waals surface area (Å²) in [6.07, 6.45) is 2.49. The van der Waals surface area contributed by atoms with Crippen LogP contribution in [0, 0.1) is 0 Å². The fraction of sp³-hybridized carbons (Fsp3) is 0.500. The molecule has 164 valence electrons. The van der Waals surface area contributed by atoms with Crippen molar-refractivity contribution in [1.82, 2.24) is 10.2 Å². The van der Waals surface area contributed by atoms with Crippen LogP contribution in [0.4, 0.5) is 5.69 Å². The molecule has 1 amide bonds. The van der Waals surface area contributed by atoms with Crippen molar-refractivity contribution in [2.24, 2.45) is 0 Å². The third-order valence-electron chi connectivity index (χ3n) is 5.58. The number of rotatable bonds is 9. The SMILES string of the molecule is CCCCS(=O)(=O)Nc1ccc(C(=O)NCCN2[C@H](C)Cc3ccsc3[C@@H]2C)cc1. The van der Waals surface area contributed by atoms with E-state index in [-0.39, 0.29) is 11.7 Å². The van der Waals surface area contributed by atoms with Crippen LogP contribution in [-0.2, 0) is 16.4 Å². The Kier molecular flexibility index (Phi) is 7.55. The lowest BCUT2D eigenvalue weighted by Crippen LogP contribution is -2.44. The summed E-state index contributed by atoms with van der Waals surface area (Å²) in [7, 11) is -3.34. The molecule has 30 heavy (non-hydrogen) atoms. The van der Waals surface area contributed by atoms with E-state index in [0.29, 0.717) is 36.3 Å². The Hall–Kier alpha value is -1.90. The first-order valence-corrected chi connectivity index (χ1v) is 13.0. The smallest absolute Gasteiger partial charge is 0.251 e. The van der Waals surface area contributed by atoms with Crippen LogP contribution >= 0.6 is 11.3 Å². The third-order valence-corrected chi connectivity index (χ3v) is 8.08. The summed E-state index contributed by atoms with van der Waals surface area (Å²) in [5, 5.41) is 5.14. The number of hydrogen-bond acceptors (Lipinski definition) is 5. The molecule has 0 saturated heterocycles. The van der Waals surface area contributed by atoms with Gasteiger partial charge in [-0.25, -0.2) is 8.42 Å². The fourth-order valence-corrected chi connectivity index (χ4v) is 6.20. The first kappa shape index (κ1) is 22.8. The van der Waals surface area contributed by atoms with Crippen LogP contribution in [0.25, 0.3) is 0 Å². The van der Waals surface area contributed by atoms with E-state index in [1.807, 2.05) is 18.3 Å². The first-order chi connectivity index (χ1) is 14.3. The van der Waals surface area contributed by atoms with Crippen LogP contribution in [0.15, 0.2) is 35.7 Å².